The Morgan fingerprint density at radius 2 is 1.92 bits per heavy atom. The van der Waals surface area contributed by atoms with Gasteiger partial charge in [0.05, 0.1) is 16.3 Å². The Balaban J connectivity index is 1.73. The minimum atomic E-state index is -0.737. The van der Waals surface area contributed by atoms with Crippen LogP contribution in [0.15, 0.2) is 47.1 Å². The van der Waals surface area contributed by atoms with E-state index in [0.717, 1.165) is 6.08 Å². The first-order valence-electron chi connectivity index (χ1n) is 6.88. The number of nitrogens with one attached hydrogen (secondary N) is 2. The summed E-state index contributed by atoms with van der Waals surface area (Å²) in [5, 5.41) is 0.749. The zero-order chi connectivity index (χ0) is 18.2. The molecule has 0 bridgehead atoms. The number of ether oxygens (including phenoxy) is 1. The van der Waals surface area contributed by atoms with Crippen LogP contribution in [0.3, 0.4) is 0 Å². The van der Waals surface area contributed by atoms with E-state index in [2.05, 4.69) is 10.9 Å². The molecule has 0 saturated heterocycles. The maximum absolute atomic E-state index is 11.5. The third-order valence-corrected chi connectivity index (χ3v) is 3.50. The Hall–Kier alpha value is -2.77. The summed E-state index contributed by atoms with van der Waals surface area (Å²) in [6, 6.07) is 7.78. The molecular weight excluding hydrogens is 371 g/mol. The van der Waals surface area contributed by atoms with E-state index in [1.807, 2.05) is 0 Å². The second kappa shape index (κ2) is 8.91. The molecule has 0 unspecified atom stereocenters. The van der Waals surface area contributed by atoms with Crippen LogP contribution in [-0.2, 0) is 14.3 Å². The SMILES string of the molecule is O=C(COC(=O)/C=C/c1ccc(Cl)c(Cl)c1)NNC(=O)c1ccco1. The average molecular weight is 383 g/mol. The van der Waals surface area contributed by atoms with Gasteiger partial charge in [0.25, 0.3) is 5.91 Å². The smallest absolute Gasteiger partial charge is 0.331 e. The number of esters is 1. The monoisotopic (exact) mass is 382 g/mol. The summed E-state index contributed by atoms with van der Waals surface area (Å²) in [5.74, 6) is -2.05. The topological polar surface area (TPSA) is 97.6 Å². The molecule has 0 aliphatic rings. The fourth-order valence-corrected chi connectivity index (χ4v) is 1.90. The van der Waals surface area contributed by atoms with Crippen molar-refractivity contribution >= 4 is 47.1 Å². The number of benzene rings is 1. The third-order valence-electron chi connectivity index (χ3n) is 2.76. The lowest BCUT2D eigenvalue weighted by Crippen LogP contribution is -2.43. The number of furan rings is 1. The molecule has 7 nitrogen and oxygen atoms in total. The van der Waals surface area contributed by atoms with Crippen LogP contribution in [0.25, 0.3) is 6.08 Å². The van der Waals surface area contributed by atoms with Crippen molar-refractivity contribution in [3.63, 3.8) is 0 Å². The predicted octanol–water partition coefficient (Wildman–Crippen LogP) is 2.60. The molecule has 0 radical (unpaired) electrons. The normalized spacial score (nSPS) is 10.5. The molecule has 2 rings (SSSR count). The van der Waals surface area contributed by atoms with Gasteiger partial charge < -0.3 is 9.15 Å². The van der Waals surface area contributed by atoms with E-state index in [0.29, 0.717) is 15.6 Å². The van der Waals surface area contributed by atoms with Gasteiger partial charge in [0, 0.05) is 6.08 Å². The summed E-state index contributed by atoms with van der Waals surface area (Å²) >= 11 is 11.6. The molecule has 2 N–H and O–H groups in total. The van der Waals surface area contributed by atoms with Crippen molar-refractivity contribution in [1.29, 1.82) is 0 Å². The minimum absolute atomic E-state index is 0.0295. The molecule has 130 valence electrons. The largest absolute Gasteiger partial charge is 0.459 e. The highest BCUT2D eigenvalue weighted by Crippen LogP contribution is 2.23. The lowest BCUT2D eigenvalue weighted by Gasteiger charge is -2.05. The van der Waals surface area contributed by atoms with Crippen molar-refractivity contribution in [2.45, 2.75) is 0 Å². The molecule has 1 heterocycles. The van der Waals surface area contributed by atoms with Crippen molar-refractivity contribution in [2.24, 2.45) is 0 Å². The van der Waals surface area contributed by atoms with E-state index in [1.165, 1.54) is 24.5 Å². The van der Waals surface area contributed by atoms with Gasteiger partial charge in [0.2, 0.25) is 0 Å². The van der Waals surface area contributed by atoms with Gasteiger partial charge in [-0.1, -0.05) is 29.3 Å². The molecule has 2 amide bonds. The quantitative estimate of drug-likeness (QED) is 0.470. The summed E-state index contributed by atoms with van der Waals surface area (Å²) in [7, 11) is 0. The van der Waals surface area contributed by atoms with E-state index in [1.54, 1.807) is 18.2 Å². The summed E-state index contributed by atoms with van der Waals surface area (Å²) in [5.41, 5.74) is 4.83. The maximum atomic E-state index is 11.5. The molecule has 1 aromatic heterocycles. The molecule has 25 heavy (non-hydrogen) atoms. The first kappa shape index (κ1) is 18.6. The Labute approximate surface area is 152 Å². The van der Waals surface area contributed by atoms with Gasteiger partial charge in [-0.25, -0.2) is 4.79 Å². The first-order chi connectivity index (χ1) is 12.0. The third kappa shape index (κ3) is 5.98. The van der Waals surface area contributed by atoms with Crippen molar-refractivity contribution in [3.05, 3.63) is 64.0 Å². The van der Waals surface area contributed by atoms with Crippen LogP contribution in [0.2, 0.25) is 10.0 Å². The molecule has 1 aromatic carbocycles. The zero-order valence-corrected chi connectivity index (χ0v) is 14.1. The lowest BCUT2D eigenvalue weighted by molar-refractivity contribution is -0.144. The highest BCUT2D eigenvalue weighted by Gasteiger charge is 2.10. The summed E-state index contributed by atoms with van der Waals surface area (Å²) in [6.45, 7) is -0.566. The van der Waals surface area contributed by atoms with E-state index < -0.39 is 24.4 Å². The molecule has 0 aliphatic carbocycles. The van der Waals surface area contributed by atoms with Crippen LogP contribution < -0.4 is 10.9 Å². The molecule has 0 saturated carbocycles. The van der Waals surface area contributed by atoms with Gasteiger partial charge in [0.1, 0.15) is 0 Å². The molecule has 0 atom stereocenters. The zero-order valence-electron chi connectivity index (χ0n) is 12.6. The average Bonchev–Trinajstić information content (AvgIpc) is 3.13. The van der Waals surface area contributed by atoms with Crippen molar-refractivity contribution in [2.75, 3.05) is 6.61 Å². The molecular formula is C16H12Cl2N2O5. The fourth-order valence-electron chi connectivity index (χ4n) is 1.60. The Morgan fingerprint density at radius 1 is 1.12 bits per heavy atom. The van der Waals surface area contributed by atoms with E-state index in [9.17, 15) is 14.4 Å². The van der Waals surface area contributed by atoms with E-state index in [4.69, 9.17) is 32.4 Å². The molecule has 0 aliphatic heterocycles. The van der Waals surface area contributed by atoms with Crippen molar-refractivity contribution < 1.29 is 23.5 Å². The number of rotatable bonds is 5. The number of hydrogen-bond donors (Lipinski definition) is 2. The highest BCUT2D eigenvalue weighted by atomic mass is 35.5. The van der Waals surface area contributed by atoms with Crippen LogP contribution in [0.4, 0.5) is 0 Å². The van der Waals surface area contributed by atoms with Crippen LogP contribution in [-0.4, -0.2) is 24.4 Å². The van der Waals surface area contributed by atoms with Crippen molar-refractivity contribution in [1.82, 2.24) is 10.9 Å². The Kier molecular flexibility index (Phi) is 6.62. The molecule has 2 aromatic rings. The predicted molar refractivity (Wildman–Crippen MR) is 90.8 cm³/mol. The van der Waals surface area contributed by atoms with Crippen LogP contribution in [0, 0.1) is 0 Å². The van der Waals surface area contributed by atoms with Gasteiger partial charge in [-0.05, 0) is 35.9 Å². The van der Waals surface area contributed by atoms with Crippen molar-refractivity contribution in [3.8, 4) is 0 Å². The first-order valence-corrected chi connectivity index (χ1v) is 7.64. The van der Waals surface area contributed by atoms with E-state index in [-0.39, 0.29) is 5.76 Å². The van der Waals surface area contributed by atoms with Gasteiger partial charge in [-0.15, -0.1) is 0 Å². The molecule has 9 heteroatoms. The Morgan fingerprint density at radius 3 is 2.60 bits per heavy atom. The number of halogens is 2. The number of hydrazine groups is 1. The van der Waals surface area contributed by atoms with Gasteiger partial charge in [-0.3, -0.25) is 20.4 Å². The van der Waals surface area contributed by atoms with Gasteiger partial charge >= 0.3 is 11.9 Å². The maximum Gasteiger partial charge on any atom is 0.331 e. The Bertz CT molecular complexity index is 803. The number of carbonyl (C=O) groups excluding carboxylic acids is 3. The highest BCUT2D eigenvalue weighted by molar-refractivity contribution is 6.42. The second-order valence-corrected chi connectivity index (χ2v) is 5.41. The summed E-state index contributed by atoms with van der Waals surface area (Å²) in [4.78, 5) is 34.5. The van der Waals surface area contributed by atoms with Crippen LogP contribution >= 0.6 is 23.2 Å². The summed E-state index contributed by atoms with van der Waals surface area (Å²) in [6.07, 6.45) is 3.91. The van der Waals surface area contributed by atoms with E-state index >= 15 is 0 Å². The van der Waals surface area contributed by atoms with Crippen LogP contribution in [0.1, 0.15) is 16.1 Å². The second-order valence-electron chi connectivity index (χ2n) is 4.59. The van der Waals surface area contributed by atoms with Crippen LogP contribution in [0.5, 0.6) is 0 Å². The number of carbonyl (C=O) groups is 3. The number of amides is 2. The lowest BCUT2D eigenvalue weighted by atomic mass is 10.2. The fraction of sp³-hybridized carbons (Fsp3) is 0.0625. The minimum Gasteiger partial charge on any atom is -0.459 e. The summed E-state index contributed by atoms with van der Waals surface area (Å²) < 4.78 is 9.57. The van der Waals surface area contributed by atoms with Gasteiger partial charge in [0.15, 0.2) is 12.4 Å². The molecule has 0 spiro atoms. The number of hydrogen-bond acceptors (Lipinski definition) is 5. The standard InChI is InChI=1S/C16H12Cl2N2O5/c17-11-5-3-10(8-12(11)18)4-6-15(22)25-9-14(21)19-20-16(23)13-2-1-7-24-13/h1-8H,9H2,(H,19,21)(H,20,23)/b6-4+. The van der Waals surface area contributed by atoms with Gasteiger partial charge in [-0.2, -0.15) is 0 Å². The molecule has 0 fully saturated rings.